The van der Waals surface area contributed by atoms with Gasteiger partial charge in [0.25, 0.3) is 0 Å². The molecule has 0 spiro atoms. The highest BCUT2D eigenvalue weighted by Crippen LogP contribution is 2.11. The number of hydrogen-bond acceptors (Lipinski definition) is 2. The number of rotatable bonds is 0. The van der Waals surface area contributed by atoms with Gasteiger partial charge in [-0.05, 0) is 13.0 Å². The summed E-state index contributed by atoms with van der Waals surface area (Å²) in [6, 6.07) is 2.25. The van der Waals surface area contributed by atoms with Crippen LogP contribution in [0.15, 0.2) is 29.5 Å². The first-order valence-electron chi connectivity index (χ1n) is 4.01. The lowest BCUT2D eigenvalue weighted by Gasteiger charge is -1.94. The molecule has 0 N–H and O–H groups in total. The standard InChI is InChI=1S/C10H10N2/c1-8-2-3-9-6-11-5-4-10(9)7-12-8/h2-8H,1H3/t8-/m0/s1. The third-order valence-electron chi connectivity index (χ3n) is 1.89. The first-order chi connectivity index (χ1) is 5.86. The number of nitrogens with zero attached hydrogens (tertiary/aromatic N) is 2. The smallest absolute Gasteiger partial charge is 0.0655 e. The molecule has 1 aliphatic rings. The van der Waals surface area contributed by atoms with Crippen LogP contribution in [0, 0.1) is 0 Å². The van der Waals surface area contributed by atoms with Gasteiger partial charge in [0.1, 0.15) is 0 Å². The zero-order chi connectivity index (χ0) is 8.39. The lowest BCUT2D eigenvalue weighted by molar-refractivity contribution is 0.940. The Balaban J connectivity index is 2.52. The van der Waals surface area contributed by atoms with E-state index in [-0.39, 0.29) is 6.04 Å². The Labute approximate surface area is 71.7 Å². The summed E-state index contributed by atoms with van der Waals surface area (Å²) < 4.78 is 0. The molecule has 2 nitrogen and oxygen atoms in total. The maximum absolute atomic E-state index is 4.33. The molecular formula is C10H10N2. The molecule has 0 saturated carbocycles. The summed E-state index contributed by atoms with van der Waals surface area (Å²) in [5, 5.41) is 0. The van der Waals surface area contributed by atoms with Crippen LogP contribution >= 0.6 is 0 Å². The molecular weight excluding hydrogens is 148 g/mol. The maximum Gasteiger partial charge on any atom is 0.0655 e. The first-order valence-corrected chi connectivity index (χ1v) is 4.01. The molecule has 0 amide bonds. The second-order valence-electron chi connectivity index (χ2n) is 2.88. The molecule has 0 aliphatic carbocycles. The number of hydrogen-bond donors (Lipinski definition) is 0. The van der Waals surface area contributed by atoms with E-state index < -0.39 is 0 Å². The van der Waals surface area contributed by atoms with E-state index in [1.807, 2.05) is 18.5 Å². The third kappa shape index (κ3) is 1.28. The van der Waals surface area contributed by atoms with Gasteiger partial charge in [-0.15, -0.1) is 0 Å². The van der Waals surface area contributed by atoms with Gasteiger partial charge in [0.05, 0.1) is 6.04 Å². The fourth-order valence-electron chi connectivity index (χ4n) is 1.16. The van der Waals surface area contributed by atoms with Crippen LogP contribution in [-0.2, 0) is 0 Å². The number of pyridine rings is 1. The molecule has 0 saturated heterocycles. The van der Waals surface area contributed by atoms with Crippen molar-refractivity contribution in [3.8, 4) is 0 Å². The summed E-state index contributed by atoms with van der Waals surface area (Å²) in [6.45, 7) is 2.06. The van der Waals surface area contributed by atoms with Crippen molar-refractivity contribution in [1.82, 2.24) is 4.98 Å². The van der Waals surface area contributed by atoms with E-state index in [1.165, 1.54) is 0 Å². The van der Waals surface area contributed by atoms with E-state index in [0.717, 1.165) is 11.1 Å². The Morgan fingerprint density at radius 2 is 2.25 bits per heavy atom. The van der Waals surface area contributed by atoms with Crippen LogP contribution in [0.5, 0.6) is 0 Å². The number of fused-ring (bicyclic) bond motifs is 1. The van der Waals surface area contributed by atoms with Gasteiger partial charge in [-0.3, -0.25) is 9.98 Å². The van der Waals surface area contributed by atoms with Crippen molar-refractivity contribution < 1.29 is 0 Å². The van der Waals surface area contributed by atoms with Gasteiger partial charge in [0, 0.05) is 29.7 Å². The van der Waals surface area contributed by atoms with Crippen molar-refractivity contribution >= 4 is 12.3 Å². The van der Waals surface area contributed by atoms with Crippen LogP contribution in [-0.4, -0.2) is 17.2 Å². The minimum atomic E-state index is 0.275. The zero-order valence-corrected chi connectivity index (χ0v) is 6.94. The van der Waals surface area contributed by atoms with E-state index >= 15 is 0 Å². The van der Waals surface area contributed by atoms with Crippen molar-refractivity contribution in [3.05, 3.63) is 35.7 Å². The average molecular weight is 158 g/mol. The fourth-order valence-corrected chi connectivity index (χ4v) is 1.16. The molecule has 1 aromatic rings. The quantitative estimate of drug-likeness (QED) is 0.566. The first kappa shape index (κ1) is 7.22. The highest BCUT2D eigenvalue weighted by atomic mass is 14.7. The monoisotopic (exact) mass is 158 g/mol. The summed E-state index contributed by atoms with van der Waals surface area (Å²) in [4.78, 5) is 8.38. The lowest BCUT2D eigenvalue weighted by Crippen LogP contribution is -1.90. The van der Waals surface area contributed by atoms with Crippen LogP contribution in [0.3, 0.4) is 0 Å². The van der Waals surface area contributed by atoms with E-state index in [4.69, 9.17) is 0 Å². The minimum absolute atomic E-state index is 0.275. The summed E-state index contributed by atoms with van der Waals surface area (Å²) in [7, 11) is 0. The van der Waals surface area contributed by atoms with Crippen molar-refractivity contribution in [2.45, 2.75) is 13.0 Å². The molecule has 0 radical (unpaired) electrons. The third-order valence-corrected chi connectivity index (χ3v) is 1.89. The van der Waals surface area contributed by atoms with Crippen LogP contribution in [0.4, 0.5) is 0 Å². The summed E-state index contributed by atoms with van der Waals surface area (Å²) in [6.07, 6.45) is 9.69. The summed E-state index contributed by atoms with van der Waals surface area (Å²) in [5.41, 5.74) is 2.29. The molecule has 12 heavy (non-hydrogen) atoms. The van der Waals surface area contributed by atoms with Crippen molar-refractivity contribution in [2.75, 3.05) is 0 Å². The average Bonchev–Trinajstić information content (AvgIpc) is 2.29. The molecule has 2 heterocycles. The van der Waals surface area contributed by atoms with Gasteiger partial charge in [0.2, 0.25) is 0 Å². The van der Waals surface area contributed by atoms with Gasteiger partial charge >= 0.3 is 0 Å². The Morgan fingerprint density at radius 1 is 1.33 bits per heavy atom. The molecule has 1 atom stereocenters. The second kappa shape index (κ2) is 2.89. The van der Waals surface area contributed by atoms with Gasteiger partial charge in [-0.25, -0.2) is 0 Å². The molecule has 1 aliphatic heterocycles. The van der Waals surface area contributed by atoms with E-state index in [1.54, 1.807) is 6.20 Å². The van der Waals surface area contributed by atoms with Crippen molar-refractivity contribution in [3.63, 3.8) is 0 Å². The maximum atomic E-state index is 4.33. The van der Waals surface area contributed by atoms with Crippen LogP contribution in [0.2, 0.25) is 0 Å². The molecule has 60 valence electrons. The Bertz CT molecular complexity index is 306. The molecule has 0 bridgehead atoms. The highest BCUT2D eigenvalue weighted by Gasteiger charge is 2.01. The SMILES string of the molecule is C[C@H]1C=Cc2cnccc2C=N1. The van der Waals surface area contributed by atoms with E-state index in [9.17, 15) is 0 Å². The largest absolute Gasteiger partial charge is 0.285 e. The van der Waals surface area contributed by atoms with E-state index in [2.05, 4.69) is 29.1 Å². The van der Waals surface area contributed by atoms with Gasteiger partial charge in [-0.2, -0.15) is 0 Å². The minimum Gasteiger partial charge on any atom is -0.285 e. The highest BCUT2D eigenvalue weighted by molar-refractivity contribution is 5.86. The van der Waals surface area contributed by atoms with Crippen molar-refractivity contribution in [2.24, 2.45) is 4.99 Å². The molecule has 0 aromatic carbocycles. The number of aromatic nitrogens is 1. The van der Waals surface area contributed by atoms with E-state index in [0.29, 0.717) is 0 Å². The second-order valence-corrected chi connectivity index (χ2v) is 2.88. The molecule has 0 unspecified atom stereocenters. The van der Waals surface area contributed by atoms with Gasteiger partial charge in [-0.1, -0.05) is 12.2 Å². The Morgan fingerprint density at radius 3 is 3.17 bits per heavy atom. The van der Waals surface area contributed by atoms with Gasteiger partial charge < -0.3 is 0 Å². The molecule has 2 heteroatoms. The molecule has 0 fully saturated rings. The summed E-state index contributed by atoms with van der Waals surface area (Å²) in [5.74, 6) is 0. The zero-order valence-electron chi connectivity index (χ0n) is 6.94. The number of aliphatic imine (C=N–C) groups is 1. The van der Waals surface area contributed by atoms with Crippen molar-refractivity contribution in [1.29, 1.82) is 0 Å². The fraction of sp³-hybridized carbons (Fsp3) is 0.200. The van der Waals surface area contributed by atoms with Crippen LogP contribution in [0.25, 0.3) is 6.08 Å². The predicted molar refractivity (Wildman–Crippen MR) is 50.3 cm³/mol. The predicted octanol–water partition coefficient (Wildman–Crippen LogP) is 1.92. The topological polar surface area (TPSA) is 25.2 Å². The Hall–Kier alpha value is -1.44. The summed E-state index contributed by atoms with van der Waals surface area (Å²) >= 11 is 0. The Kier molecular flexibility index (Phi) is 1.74. The van der Waals surface area contributed by atoms with Crippen LogP contribution < -0.4 is 0 Å². The molecule has 2 rings (SSSR count). The lowest BCUT2D eigenvalue weighted by atomic mass is 10.1. The van der Waals surface area contributed by atoms with Crippen LogP contribution in [0.1, 0.15) is 18.1 Å². The van der Waals surface area contributed by atoms with Gasteiger partial charge in [0.15, 0.2) is 0 Å². The molecule has 1 aromatic heterocycles. The normalized spacial score (nSPS) is 20.2.